The summed E-state index contributed by atoms with van der Waals surface area (Å²) in [6.07, 6.45) is 0.968. The number of nitrogens with zero attached hydrogens (tertiary/aromatic N) is 1. The van der Waals surface area contributed by atoms with Crippen LogP contribution in [0, 0.1) is 0 Å². The maximum atomic E-state index is 11.3. The maximum absolute atomic E-state index is 11.3. The Labute approximate surface area is 103 Å². The molecule has 0 saturated heterocycles. The van der Waals surface area contributed by atoms with Gasteiger partial charge in [0.15, 0.2) is 0 Å². The third-order valence-corrected chi connectivity index (χ3v) is 2.64. The molecule has 0 aromatic carbocycles. The fraction of sp³-hybridized carbons (Fsp3) is 0.818. The summed E-state index contributed by atoms with van der Waals surface area (Å²) in [5, 5.41) is 5.09. The number of rotatable bonds is 8. The first-order valence-corrected chi connectivity index (χ1v) is 6.07. The lowest BCUT2D eigenvalue weighted by atomic mass is 10.3. The molecule has 0 saturated carbocycles. The Hall–Kier alpha value is -1.14. The summed E-state index contributed by atoms with van der Waals surface area (Å²) in [4.78, 5) is 24.1. The number of hydrogen-bond acceptors (Lipinski definition) is 4. The molecule has 6 nitrogen and oxygen atoms in total. The van der Waals surface area contributed by atoms with Gasteiger partial charge in [0.1, 0.15) is 0 Å². The summed E-state index contributed by atoms with van der Waals surface area (Å²) in [6, 6.07) is -1.22. The largest absolute Gasteiger partial charge is 0.351 e. The number of nitrogens with two attached hydrogens (primary N) is 1. The monoisotopic (exact) mass is 244 g/mol. The van der Waals surface area contributed by atoms with Gasteiger partial charge in [0.05, 0.1) is 6.04 Å². The Kier molecular flexibility index (Phi) is 8.35. The predicted octanol–water partition coefficient (Wildman–Crippen LogP) is -0.109. The van der Waals surface area contributed by atoms with Crippen LogP contribution in [0.4, 0.5) is 4.79 Å². The SMILES string of the molecule is CCN(CC)CCCNC(C)C(=O)NC(N)=O. The summed E-state index contributed by atoms with van der Waals surface area (Å²) in [6.45, 7) is 9.77. The first-order chi connectivity index (χ1) is 8.01. The third kappa shape index (κ3) is 7.70. The smallest absolute Gasteiger partial charge is 0.318 e. The highest BCUT2D eigenvalue weighted by Crippen LogP contribution is 1.90. The average Bonchev–Trinajstić information content (AvgIpc) is 2.28. The Morgan fingerprint density at radius 1 is 1.29 bits per heavy atom. The molecule has 0 heterocycles. The van der Waals surface area contributed by atoms with Gasteiger partial charge in [-0.15, -0.1) is 0 Å². The number of hydrogen-bond donors (Lipinski definition) is 3. The van der Waals surface area contributed by atoms with Crippen LogP contribution < -0.4 is 16.4 Å². The van der Waals surface area contributed by atoms with Crippen LogP contribution in [-0.2, 0) is 4.79 Å². The molecule has 0 aliphatic heterocycles. The Bertz CT molecular complexity index is 242. The van der Waals surface area contributed by atoms with Crippen LogP contribution in [0.2, 0.25) is 0 Å². The van der Waals surface area contributed by atoms with Crippen molar-refractivity contribution < 1.29 is 9.59 Å². The van der Waals surface area contributed by atoms with Gasteiger partial charge in [0, 0.05) is 0 Å². The van der Waals surface area contributed by atoms with Crippen molar-refractivity contribution in [1.29, 1.82) is 0 Å². The van der Waals surface area contributed by atoms with Crippen LogP contribution in [0.3, 0.4) is 0 Å². The molecule has 0 aromatic rings. The molecular formula is C11H24N4O2. The first-order valence-electron chi connectivity index (χ1n) is 6.07. The van der Waals surface area contributed by atoms with Crippen molar-refractivity contribution in [3.8, 4) is 0 Å². The van der Waals surface area contributed by atoms with Crippen molar-refractivity contribution in [2.75, 3.05) is 26.2 Å². The second-order valence-corrected chi connectivity index (χ2v) is 3.91. The number of carbonyl (C=O) groups is 2. The van der Waals surface area contributed by atoms with Gasteiger partial charge in [0.25, 0.3) is 0 Å². The van der Waals surface area contributed by atoms with E-state index in [0.717, 1.165) is 32.6 Å². The van der Waals surface area contributed by atoms with Gasteiger partial charge in [-0.25, -0.2) is 4.79 Å². The summed E-state index contributed by atoms with van der Waals surface area (Å²) in [5.41, 5.74) is 4.86. The van der Waals surface area contributed by atoms with E-state index in [4.69, 9.17) is 5.73 Å². The van der Waals surface area contributed by atoms with Gasteiger partial charge in [-0.2, -0.15) is 0 Å². The minimum atomic E-state index is -0.813. The summed E-state index contributed by atoms with van der Waals surface area (Å²) in [5.74, 6) is -0.389. The number of nitrogens with one attached hydrogen (secondary N) is 2. The fourth-order valence-corrected chi connectivity index (χ4v) is 1.48. The van der Waals surface area contributed by atoms with Crippen molar-refractivity contribution in [1.82, 2.24) is 15.5 Å². The highest BCUT2D eigenvalue weighted by atomic mass is 16.2. The molecular weight excluding hydrogens is 220 g/mol. The van der Waals surface area contributed by atoms with Gasteiger partial charge < -0.3 is 16.0 Å². The summed E-state index contributed by atoms with van der Waals surface area (Å²) < 4.78 is 0. The molecule has 1 atom stereocenters. The van der Waals surface area contributed by atoms with E-state index < -0.39 is 12.1 Å². The van der Waals surface area contributed by atoms with Gasteiger partial charge in [-0.3, -0.25) is 10.1 Å². The first kappa shape index (κ1) is 15.9. The lowest BCUT2D eigenvalue weighted by Gasteiger charge is -2.18. The van der Waals surface area contributed by atoms with E-state index in [9.17, 15) is 9.59 Å². The molecule has 0 fully saturated rings. The second-order valence-electron chi connectivity index (χ2n) is 3.91. The van der Waals surface area contributed by atoms with E-state index in [1.165, 1.54) is 0 Å². The van der Waals surface area contributed by atoms with Crippen LogP contribution in [0.15, 0.2) is 0 Å². The minimum Gasteiger partial charge on any atom is -0.351 e. The zero-order valence-corrected chi connectivity index (χ0v) is 11.0. The molecule has 1 unspecified atom stereocenters. The van der Waals surface area contributed by atoms with Gasteiger partial charge >= 0.3 is 6.03 Å². The van der Waals surface area contributed by atoms with E-state index in [1.54, 1.807) is 6.92 Å². The van der Waals surface area contributed by atoms with Gasteiger partial charge in [-0.1, -0.05) is 13.8 Å². The normalized spacial score (nSPS) is 12.5. The molecule has 0 rings (SSSR count). The number of urea groups is 1. The zero-order valence-electron chi connectivity index (χ0n) is 11.0. The van der Waals surface area contributed by atoms with Crippen molar-refractivity contribution in [2.24, 2.45) is 5.73 Å². The van der Waals surface area contributed by atoms with Crippen molar-refractivity contribution in [3.63, 3.8) is 0 Å². The van der Waals surface area contributed by atoms with Crippen molar-refractivity contribution in [3.05, 3.63) is 0 Å². The van der Waals surface area contributed by atoms with Crippen LogP contribution in [-0.4, -0.2) is 49.1 Å². The number of carbonyl (C=O) groups excluding carboxylic acids is 2. The molecule has 0 aliphatic rings. The van der Waals surface area contributed by atoms with E-state index >= 15 is 0 Å². The van der Waals surface area contributed by atoms with E-state index in [0.29, 0.717) is 0 Å². The highest BCUT2D eigenvalue weighted by Gasteiger charge is 2.12. The summed E-state index contributed by atoms with van der Waals surface area (Å²) >= 11 is 0. The molecule has 6 heteroatoms. The summed E-state index contributed by atoms with van der Waals surface area (Å²) in [7, 11) is 0. The number of primary amides is 1. The molecule has 17 heavy (non-hydrogen) atoms. The maximum Gasteiger partial charge on any atom is 0.318 e. The highest BCUT2D eigenvalue weighted by molar-refractivity contribution is 5.96. The Morgan fingerprint density at radius 2 is 1.88 bits per heavy atom. The average molecular weight is 244 g/mol. The van der Waals surface area contributed by atoms with E-state index in [-0.39, 0.29) is 5.91 Å². The van der Waals surface area contributed by atoms with Crippen LogP contribution in [0.25, 0.3) is 0 Å². The van der Waals surface area contributed by atoms with Crippen LogP contribution >= 0.6 is 0 Å². The molecule has 0 bridgehead atoms. The molecule has 100 valence electrons. The molecule has 3 amide bonds. The Morgan fingerprint density at radius 3 is 2.35 bits per heavy atom. The predicted molar refractivity (Wildman–Crippen MR) is 67.6 cm³/mol. The lowest BCUT2D eigenvalue weighted by molar-refractivity contribution is -0.121. The zero-order chi connectivity index (χ0) is 13.3. The van der Waals surface area contributed by atoms with Crippen molar-refractivity contribution in [2.45, 2.75) is 33.2 Å². The molecule has 0 aromatic heterocycles. The minimum absolute atomic E-state index is 0.389. The van der Waals surface area contributed by atoms with Crippen molar-refractivity contribution >= 4 is 11.9 Å². The number of imide groups is 1. The topological polar surface area (TPSA) is 87.5 Å². The van der Waals surface area contributed by atoms with Crippen LogP contribution in [0.1, 0.15) is 27.2 Å². The lowest BCUT2D eigenvalue weighted by Crippen LogP contribution is -2.46. The van der Waals surface area contributed by atoms with Gasteiger partial charge in [-0.05, 0) is 39.5 Å². The van der Waals surface area contributed by atoms with E-state index in [1.807, 2.05) is 5.32 Å². The molecule has 0 aliphatic carbocycles. The fourth-order valence-electron chi connectivity index (χ4n) is 1.48. The standard InChI is InChI=1S/C11H24N4O2/c1-4-15(5-2)8-6-7-13-9(3)10(16)14-11(12)17/h9,13H,4-8H2,1-3H3,(H3,12,14,16,17). The quantitative estimate of drug-likeness (QED) is 0.520. The molecule has 4 N–H and O–H groups in total. The molecule has 0 radical (unpaired) electrons. The van der Waals surface area contributed by atoms with Gasteiger partial charge in [0.2, 0.25) is 5.91 Å². The van der Waals surface area contributed by atoms with Crippen LogP contribution in [0.5, 0.6) is 0 Å². The number of amides is 3. The Balaban J connectivity index is 3.67. The third-order valence-electron chi connectivity index (χ3n) is 2.64. The van der Waals surface area contributed by atoms with E-state index in [2.05, 4.69) is 24.1 Å². The molecule has 0 spiro atoms. The second kappa shape index (κ2) is 8.95.